The molecule has 2 N–H and O–H groups in total. The molecule has 1 aliphatic carbocycles. The largest absolute Gasteiger partial charge is 0.454 e. The smallest absolute Gasteiger partial charge is 0.269 e. The quantitative estimate of drug-likeness (QED) is 0.731. The Morgan fingerprint density at radius 1 is 1.03 bits per heavy atom. The Kier molecular flexibility index (Phi) is 5.74. The first-order chi connectivity index (χ1) is 14.2. The van der Waals surface area contributed by atoms with Crippen molar-refractivity contribution in [2.24, 2.45) is 0 Å². The fraction of sp³-hybridized carbons (Fsp3) is 0.318. The van der Waals surface area contributed by atoms with E-state index in [4.69, 9.17) is 9.47 Å². The molecule has 29 heavy (non-hydrogen) atoms. The number of ether oxygens (including phenoxy) is 2. The Bertz CT molecular complexity index is 955. The first-order valence-electron chi connectivity index (χ1n) is 9.82. The number of carbonyl (C=O) groups is 2. The van der Waals surface area contributed by atoms with Gasteiger partial charge in [-0.3, -0.25) is 14.6 Å². The van der Waals surface area contributed by atoms with Crippen LogP contribution in [0.15, 0.2) is 48.2 Å². The highest BCUT2D eigenvalue weighted by Gasteiger charge is 2.16. The second kappa shape index (κ2) is 8.77. The van der Waals surface area contributed by atoms with Crippen molar-refractivity contribution in [3.05, 3.63) is 59.4 Å². The minimum Gasteiger partial charge on any atom is -0.454 e. The summed E-state index contributed by atoms with van der Waals surface area (Å²) in [5, 5.41) is 5.68. The summed E-state index contributed by atoms with van der Waals surface area (Å²) in [5.74, 6) is 0.632. The number of amides is 2. The van der Waals surface area contributed by atoms with Crippen LogP contribution >= 0.6 is 0 Å². The number of nitrogens with zero attached hydrogens (tertiary/aromatic N) is 1. The number of pyridine rings is 1. The molecule has 4 rings (SSSR count). The van der Waals surface area contributed by atoms with Gasteiger partial charge in [-0.25, -0.2) is 0 Å². The van der Waals surface area contributed by atoms with Crippen molar-refractivity contribution in [1.82, 2.24) is 10.3 Å². The van der Waals surface area contributed by atoms with E-state index in [2.05, 4.69) is 21.7 Å². The van der Waals surface area contributed by atoms with Gasteiger partial charge < -0.3 is 20.1 Å². The van der Waals surface area contributed by atoms with Gasteiger partial charge in [0, 0.05) is 30.1 Å². The number of benzene rings is 1. The average molecular weight is 393 g/mol. The van der Waals surface area contributed by atoms with Crippen molar-refractivity contribution in [3.63, 3.8) is 0 Å². The molecule has 0 fully saturated rings. The summed E-state index contributed by atoms with van der Waals surface area (Å²) in [6.07, 6.45) is 9.32. The van der Waals surface area contributed by atoms with Crippen LogP contribution in [0.1, 0.15) is 53.0 Å². The zero-order valence-corrected chi connectivity index (χ0v) is 16.1. The molecule has 0 spiro atoms. The van der Waals surface area contributed by atoms with Gasteiger partial charge in [0.2, 0.25) is 6.79 Å². The van der Waals surface area contributed by atoms with Gasteiger partial charge in [0.15, 0.2) is 11.5 Å². The van der Waals surface area contributed by atoms with Crippen LogP contribution in [0, 0.1) is 0 Å². The Hall–Kier alpha value is -3.35. The predicted molar refractivity (Wildman–Crippen MR) is 108 cm³/mol. The third kappa shape index (κ3) is 4.74. The molecule has 0 radical (unpaired) electrons. The maximum absolute atomic E-state index is 12.6. The van der Waals surface area contributed by atoms with E-state index < -0.39 is 0 Å². The molecule has 150 valence electrons. The van der Waals surface area contributed by atoms with E-state index in [-0.39, 0.29) is 24.3 Å². The molecule has 0 bridgehead atoms. The molecular weight excluding hydrogens is 370 g/mol. The van der Waals surface area contributed by atoms with E-state index >= 15 is 0 Å². The van der Waals surface area contributed by atoms with Gasteiger partial charge in [-0.2, -0.15) is 0 Å². The Balaban J connectivity index is 1.35. The van der Waals surface area contributed by atoms with Crippen molar-refractivity contribution in [2.45, 2.75) is 32.1 Å². The van der Waals surface area contributed by atoms with E-state index in [1.807, 2.05) is 0 Å². The summed E-state index contributed by atoms with van der Waals surface area (Å²) in [6, 6.07) is 8.25. The van der Waals surface area contributed by atoms with Crippen LogP contribution in [0.4, 0.5) is 5.69 Å². The standard InChI is InChI=1S/C22H23N3O4/c26-21(25-17-6-7-19-20(13-17)29-14-28-19)16-9-11-23-18(12-16)22(27)24-10-8-15-4-2-1-3-5-15/h4,6-7,9,11-13H,1-3,5,8,10,14H2,(H,24,27)(H,25,26). The molecule has 0 saturated carbocycles. The lowest BCUT2D eigenvalue weighted by Gasteiger charge is -2.13. The van der Waals surface area contributed by atoms with Crippen LogP contribution in [0.5, 0.6) is 11.5 Å². The maximum Gasteiger partial charge on any atom is 0.269 e. The minimum absolute atomic E-state index is 0.173. The molecule has 0 unspecified atom stereocenters. The zero-order chi connectivity index (χ0) is 20.1. The van der Waals surface area contributed by atoms with Crippen LogP contribution in [0.3, 0.4) is 0 Å². The number of hydrogen-bond acceptors (Lipinski definition) is 5. The molecule has 2 amide bonds. The monoisotopic (exact) mass is 393 g/mol. The van der Waals surface area contributed by atoms with Gasteiger partial charge in [-0.1, -0.05) is 11.6 Å². The van der Waals surface area contributed by atoms with Gasteiger partial charge in [0.05, 0.1) is 0 Å². The van der Waals surface area contributed by atoms with Crippen LogP contribution in [-0.2, 0) is 0 Å². The fourth-order valence-electron chi connectivity index (χ4n) is 3.43. The first kappa shape index (κ1) is 19.0. The highest BCUT2D eigenvalue weighted by atomic mass is 16.7. The molecular formula is C22H23N3O4. The first-order valence-corrected chi connectivity index (χ1v) is 9.82. The van der Waals surface area contributed by atoms with Crippen molar-refractivity contribution in [3.8, 4) is 11.5 Å². The van der Waals surface area contributed by atoms with Crippen molar-refractivity contribution < 1.29 is 19.1 Å². The lowest BCUT2D eigenvalue weighted by molar-refractivity contribution is 0.0949. The molecule has 2 aromatic rings. The van der Waals surface area contributed by atoms with E-state index in [0.29, 0.717) is 29.3 Å². The summed E-state index contributed by atoms with van der Waals surface area (Å²) >= 11 is 0. The number of aromatic nitrogens is 1. The summed E-state index contributed by atoms with van der Waals surface area (Å²) in [4.78, 5) is 29.0. The molecule has 1 aromatic carbocycles. The normalized spacial score (nSPS) is 14.8. The van der Waals surface area contributed by atoms with Crippen LogP contribution < -0.4 is 20.1 Å². The zero-order valence-electron chi connectivity index (χ0n) is 16.1. The number of anilines is 1. The van der Waals surface area contributed by atoms with Crippen molar-refractivity contribution in [1.29, 1.82) is 0 Å². The van der Waals surface area contributed by atoms with Crippen LogP contribution in [0.2, 0.25) is 0 Å². The second-order valence-electron chi connectivity index (χ2n) is 7.07. The van der Waals surface area contributed by atoms with E-state index in [9.17, 15) is 9.59 Å². The summed E-state index contributed by atoms with van der Waals surface area (Å²) < 4.78 is 10.6. The maximum atomic E-state index is 12.6. The summed E-state index contributed by atoms with van der Waals surface area (Å²) in [6.45, 7) is 0.743. The number of fused-ring (bicyclic) bond motifs is 1. The molecule has 2 aliphatic rings. The molecule has 7 nitrogen and oxygen atoms in total. The Labute approximate surface area is 169 Å². The van der Waals surface area contributed by atoms with Crippen LogP contribution in [0.25, 0.3) is 0 Å². The molecule has 2 heterocycles. The number of allylic oxidation sites excluding steroid dienone is 1. The number of rotatable bonds is 6. The molecule has 1 aromatic heterocycles. The fourth-order valence-corrected chi connectivity index (χ4v) is 3.43. The Morgan fingerprint density at radius 3 is 2.79 bits per heavy atom. The number of carbonyl (C=O) groups excluding carboxylic acids is 2. The number of nitrogens with one attached hydrogen (secondary N) is 2. The molecule has 0 saturated heterocycles. The van der Waals surface area contributed by atoms with Gasteiger partial charge in [0.25, 0.3) is 11.8 Å². The van der Waals surface area contributed by atoms with Crippen molar-refractivity contribution >= 4 is 17.5 Å². The molecule has 7 heteroatoms. The highest BCUT2D eigenvalue weighted by molar-refractivity contribution is 6.05. The predicted octanol–water partition coefficient (Wildman–Crippen LogP) is 3.68. The number of hydrogen-bond donors (Lipinski definition) is 2. The van der Waals surface area contributed by atoms with E-state index in [1.165, 1.54) is 30.7 Å². The SMILES string of the molecule is O=C(Nc1ccc2c(c1)OCO2)c1ccnc(C(=O)NCCC2=CCCCC2)c1. The lowest BCUT2D eigenvalue weighted by Crippen LogP contribution is -2.26. The Morgan fingerprint density at radius 2 is 1.93 bits per heavy atom. The molecule has 1 aliphatic heterocycles. The van der Waals surface area contributed by atoms with Gasteiger partial charge >= 0.3 is 0 Å². The van der Waals surface area contributed by atoms with E-state index in [0.717, 1.165) is 19.3 Å². The van der Waals surface area contributed by atoms with Crippen molar-refractivity contribution in [2.75, 3.05) is 18.7 Å². The third-order valence-corrected chi connectivity index (χ3v) is 5.00. The minimum atomic E-state index is -0.326. The topological polar surface area (TPSA) is 89.6 Å². The van der Waals surface area contributed by atoms with Gasteiger partial charge in [-0.05, 0) is 56.4 Å². The van der Waals surface area contributed by atoms with E-state index in [1.54, 1.807) is 24.3 Å². The average Bonchev–Trinajstić information content (AvgIpc) is 3.22. The van der Waals surface area contributed by atoms with Gasteiger partial charge in [0.1, 0.15) is 5.69 Å². The summed E-state index contributed by atoms with van der Waals surface area (Å²) in [7, 11) is 0. The highest BCUT2D eigenvalue weighted by Crippen LogP contribution is 2.34. The van der Waals surface area contributed by atoms with Gasteiger partial charge in [-0.15, -0.1) is 0 Å². The van der Waals surface area contributed by atoms with Crippen LogP contribution in [-0.4, -0.2) is 30.1 Å². The third-order valence-electron chi connectivity index (χ3n) is 5.00. The lowest BCUT2D eigenvalue weighted by atomic mass is 9.97. The summed E-state index contributed by atoms with van der Waals surface area (Å²) in [5.41, 5.74) is 2.57. The molecule has 0 atom stereocenters. The second-order valence-corrected chi connectivity index (χ2v) is 7.07.